The standard InChI is InChI=1S/C13H17N5/c1-9-7-10(2)16-13(15-9)18-6-4-11(8-18)12-3-5-14-17-12/h3,5,7,11H,4,6,8H2,1-2H3,(H,14,17). The van der Waals surface area contributed by atoms with Crippen molar-refractivity contribution in [2.24, 2.45) is 0 Å². The predicted octanol–water partition coefficient (Wildman–Crippen LogP) is 1.81. The zero-order chi connectivity index (χ0) is 12.5. The van der Waals surface area contributed by atoms with Crippen molar-refractivity contribution < 1.29 is 0 Å². The van der Waals surface area contributed by atoms with Crippen LogP contribution in [0.5, 0.6) is 0 Å². The van der Waals surface area contributed by atoms with E-state index in [1.54, 1.807) is 0 Å². The van der Waals surface area contributed by atoms with Crippen molar-refractivity contribution in [2.75, 3.05) is 18.0 Å². The second kappa shape index (κ2) is 4.40. The topological polar surface area (TPSA) is 57.7 Å². The van der Waals surface area contributed by atoms with Crippen molar-refractivity contribution >= 4 is 5.95 Å². The van der Waals surface area contributed by atoms with Gasteiger partial charge in [-0.1, -0.05) is 0 Å². The van der Waals surface area contributed by atoms with Crippen molar-refractivity contribution in [1.29, 1.82) is 0 Å². The van der Waals surface area contributed by atoms with Crippen LogP contribution >= 0.6 is 0 Å². The highest BCUT2D eigenvalue weighted by atomic mass is 15.3. The molecule has 3 rings (SSSR count). The maximum atomic E-state index is 4.52. The Morgan fingerprint density at radius 3 is 2.72 bits per heavy atom. The maximum absolute atomic E-state index is 4.52. The number of aryl methyl sites for hydroxylation is 2. The molecule has 5 heteroatoms. The average Bonchev–Trinajstić information content (AvgIpc) is 2.99. The Morgan fingerprint density at radius 2 is 2.06 bits per heavy atom. The van der Waals surface area contributed by atoms with E-state index in [0.29, 0.717) is 5.92 Å². The van der Waals surface area contributed by atoms with E-state index in [9.17, 15) is 0 Å². The number of anilines is 1. The Hall–Kier alpha value is -1.91. The molecular formula is C13H17N5. The first kappa shape index (κ1) is 11.2. The summed E-state index contributed by atoms with van der Waals surface area (Å²) in [6.45, 7) is 6.00. The first-order valence-corrected chi connectivity index (χ1v) is 6.29. The van der Waals surface area contributed by atoms with Crippen molar-refractivity contribution in [1.82, 2.24) is 20.2 Å². The van der Waals surface area contributed by atoms with Crippen LogP contribution in [0, 0.1) is 13.8 Å². The maximum Gasteiger partial charge on any atom is 0.225 e. The molecule has 0 amide bonds. The van der Waals surface area contributed by atoms with Crippen molar-refractivity contribution in [3.05, 3.63) is 35.4 Å². The lowest BCUT2D eigenvalue weighted by Gasteiger charge is -2.16. The van der Waals surface area contributed by atoms with Gasteiger partial charge in [0.25, 0.3) is 0 Å². The van der Waals surface area contributed by atoms with Gasteiger partial charge in [-0.2, -0.15) is 5.10 Å². The molecule has 18 heavy (non-hydrogen) atoms. The zero-order valence-corrected chi connectivity index (χ0v) is 10.7. The summed E-state index contributed by atoms with van der Waals surface area (Å²) >= 11 is 0. The number of aromatic nitrogens is 4. The molecule has 0 aliphatic carbocycles. The summed E-state index contributed by atoms with van der Waals surface area (Å²) in [7, 11) is 0. The smallest absolute Gasteiger partial charge is 0.225 e. The van der Waals surface area contributed by atoms with Crippen LogP contribution in [0.4, 0.5) is 5.95 Å². The van der Waals surface area contributed by atoms with E-state index in [4.69, 9.17) is 0 Å². The van der Waals surface area contributed by atoms with Crippen LogP contribution in [-0.2, 0) is 0 Å². The van der Waals surface area contributed by atoms with Crippen LogP contribution in [0.25, 0.3) is 0 Å². The van der Waals surface area contributed by atoms with Gasteiger partial charge in [-0.05, 0) is 32.4 Å². The molecule has 3 heterocycles. The second-order valence-electron chi connectivity index (χ2n) is 4.89. The van der Waals surface area contributed by atoms with Crippen molar-refractivity contribution in [3.8, 4) is 0 Å². The molecule has 0 bridgehead atoms. The molecular weight excluding hydrogens is 226 g/mol. The fourth-order valence-corrected chi connectivity index (χ4v) is 2.54. The molecule has 1 saturated heterocycles. The Morgan fingerprint density at radius 1 is 1.28 bits per heavy atom. The molecule has 1 atom stereocenters. The van der Waals surface area contributed by atoms with Crippen LogP contribution in [0.1, 0.15) is 29.4 Å². The van der Waals surface area contributed by atoms with Gasteiger partial charge in [0, 0.05) is 42.3 Å². The van der Waals surface area contributed by atoms with Crippen LogP contribution < -0.4 is 4.90 Å². The molecule has 0 spiro atoms. The summed E-state index contributed by atoms with van der Waals surface area (Å²) < 4.78 is 0. The highest BCUT2D eigenvalue weighted by molar-refractivity contribution is 5.35. The van der Waals surface area contributed by atoms with E-state index in [1.807, 2.05) is 26.1 Å². The van der Waals surface area contributed by atoms with E-state index >= 15 is 0 Å². The first-order chi connectivity index (χ1) is 8.72. The van der Waals surface area contributed by atoms with Gasteiger partial charge in [-0.25, -0.2) is 9.97 Å². The lowest BCUT2D eigenvalue weighted by atomic mass is 10.1. The van der Waals surface area contributed by atoms with Crippen molar-refractivity contribution in [2.45, 2.75) is 26.2 Å². The molecule has 0 saturated carbocycles. The molecule has 1 aliphatic rings. The van der Waals surface area contributed by atoms with E-state index in [0.717, 1.165) is 36.8 Å². The lowest BCUT2D eigenvalue weighted by molar-refractivity contribution is 0.736. The van der Waals surface area contributed by atoms with E-state index < -0.39 is 0 Å². The van der Waals surface area contributed by atoms with Crippen LogP contribution in [-0.4, -0.2) is 33.3 Å². The Labute approximate surface area is 106 Å². The fraction of sp³-hybridized carbons (Fsp3) is 0.462. The van der Waals surface area contributed by atoms with Crippen LogP contribution in [0.2, 0.25) is 0 Å². The van der Waals surface area contributed by atoms with Gasteiger partial charge in [0.2, 0.25) is 5.95 Å². The molecule has 5 nitrogen and oxygen atoms in total. The molecule has 1 fully saturated rings. The van der Waals surface area contributed by atoms with Gasteiger partial charge < -0.3 is 4.90 Å². The highest BCUT2D eigenvalue weighted by Crippen LogP contribution is 2.27. The van der Waals surface area contributed by atoms with Gasteiger partial charge in [-0.15, -0.1) is 0 Å². The Bertz CT molecular complexity index is 514. The van der Waals surface area contributed by atoms with Gasteiger partial charge in [0.1, 0.15) is 0 Å². The summed E-state index contributed by atoms with van der Waals surface area (Å²) in [5.41, 5.74) is 3.27. The molecule has 1 unspecified atom stereocenters. The minimum atomic E-state index is 0.511. The monoisotopic (exact) mass is 243 g/mol. The van der Waals surface area contributed by atoms with Gasteiger partial charge >= 0.3 is 0 Å². The highest BCUT2D eigenvalue weighted by Gasteiger charge is 2.26. The Kier molecular flexibility index (Phi) is 2.74. The third-order valence-electron chi connectivity index (χ3n) is 3.40. The zero-order valence-electron chi connectivity index (χ0n) is 10.7. The normalized spacial score (nSPS) is 19.4. The number of rotatable bonds is 2. The molecule has 1 aliphatic heterocycles. The molecule has 1 N–H and O–H groups in total. The summed E-state index contributed by atoms with van der Waals surface area (Å²) in [6, 6.07) is 4.06. The number of nitrogens with one attached hydrogen (secondary N) is 1. The number of hydrogen-bond donors (Lipinski definition) is 1. The third-order valence-corrected chi connectivity index (χ3v) is 3.40. The summed E-state index contributed by atoms with van der Waals surface area (Å²) in [4.78, 5) is 11.3. The number of hydrogen-bond acceptors (Lipinski definition) is 4. The van der Waals surface area contributed by atoms with Crippen LogP contribution in [0.15, 0.2) is 18.3 Å². The summed E-state index contributed by atoms with van der Waals surface area (Å²) in [6.07, 6.45) is 2.93. The summed E-state index contributed by atoms with van der Waals surface area (Å²) in [5.74, 6) is 1.37. The summed E-state index contributed by atoms with van der Waals surface area (Å²) in [5, 5.41) is 7.07. The second-order valence-corrected chi connectivity index (χ2v) is 4.89. The number of H-pyrrole nitrogens is 1. The molecule has 94 valence electrons. The predicted molar refractivity (Wildman–Crippen MR) is 69.7 cm³/mol. The first-order valence-electron chi connectivity index (χ1n) is 6.29. The van der Waals surface area contributed by atoms with Gasteiger partial charge in [-0.3, -0.25) is 5.10 Å². The quantitative estimate of drug-likeness (QED) is 0.874. The minimum absolute atomic E-state index is 0.511. The minimum Gasteiger partial charge on any atom is -0.340 e. The fourth-order valence-electron chi connectivity index (χ4n) is 2.54. The molecule has 2 aromatic rings. The van der Waals surface area contributed by atoms with Gasteiger partial charge in [0.15, 0.2) is 0 Å². The largest absolute Gasteiger partial charge is 0.340 e. The van der Waals surface area contributed by atoms with Crippen molar-refractivity contribution in [3.63, 3.8) is 0 Å². The van der Waals surface area contributed by atoms with E-state index in [-0.39, 0.29) is 0 Å². The third kappa shape index (κ3) is 2.08. The SMILES string of the molecule is Cc1cc(C)nc(N2CCC(c3ccn[nH]3)C2)n1. The van der Waals surface area contributed by atoms with Crippen LogP contribution in [0.3, 0.4) is 0 Å². The lowest BCUT2D eigenvalue weighted by Crippen LogP contribution is -2.22. The molecule has 0 radical (unpaired) electrons. The Balaban J connectivity index is 1.79. The van der Waals surface area contributed by atoms with E-state index in [1.165, 1.54) is 5.69 Å². The number of nitrogens with zero attached hydrogens (tertiary/aromatic N) is 4. The number of aromatic amines is 1. The average molecular weight is 243 g/mol. The van der Waals surface area contributed by atoms with Gasteiger partial charge in [0.05, 0.1) is 0 Å². The molecule has 2 aromatic heterocycles. The van der Waals surface area contributed by atoms with E-state index in [2.05, 4.69) is 31.1 Å². The molecule has 0 aromatic carbocycles.